The predicted molar refractivity (Wildman–Crippen MR) is 42.3 cm³/mol. The molecule has 1 rings (SSSR count). The molecule has 1 unspecified atom stereocenters. The average Bonchev–Trinajstić information content (AvgIpc) is 2.31. The number of aliphatic imine (C=N–C) groups is 1. The third-order valence-corrected chi connectivity index (χ3v) is 2.00. The van der Waals surface area contributed by atoms with Gasteiger partial charge in [0, 0.05) is 18.8 Å². The second kappa shape index (κ2) is 3.37. The summed E-state index contributed by atoms with van der Waals surface area (Å²) >= 11 is 4.20. The van der Waals surface area contributed by atoms with Crippen LogP contribution >= 0.6 is 12.2 Å². The molecule has 0 N–H and O–H groups in total. The van der Waals surface area contributed by atoms with Crippen molar-refractivity contribution in [2.75, 3.05) is 0 Å². The van der Waals surface area contributed by atoms with E-state index in [0.29, 0.717) is 0 Å². The van der Waals surface area contributed by atoms with Crippen LogP contribution in [0.4, 0.5) is 8.78 Å². The Labute approximate surface area is 73.7 Å². The summed E-state index contributed by atoms with van der Waals surface area (Å²) in [5, 5.41) is 1.89. The Bertz CT molecular complexity index is 248. The van der Waals surface area contributed by atoms with Crippen LogP contribution in [0, 0.1) is 5.92 Å². The minimum absolute atomic E-state index is 0.201. The van der Waals surface area contributed by atoms with Crippen molar-refractivity contribution in [2.45, 2.75) is 25.2 Å². The van der Waals surface area contributed by atoms with Gasteiger partial charge >= 0.3 is 0 Å². The lowest BCUT2D eigenvalue weighted by Crippen LogP contribution is -2.13. The van der Waals surface area contributed by atoms with Gasteiger partial charge in [0.1, 0.15) is 0 Å². The number of carbonyl (C=O) groups is 1. The summed E-state index contributed by atoms with van der Waals surface area (Å²) in [5.74, 6) is -3.92. The fraction of sp³-hybridized carbons (Fsp3) is 0.714. The molecule has 0 aromatic carbocycles. The maximum absolute atomic E-state index is 12.6. The Kier molecular flexibility index (Phi) is 2.65. The summed E-state index contributed by atoms with van der Waals surface area (Å²) < 4.78 is 25.1. The summed E-state index contributed by atoms with van der Waals surface area (Å²) in [5.41, 5.74) is 0. The van der Waals surface area contributed by atoms with Gasteiger partial charge in [0.05, 0.1) is 5.16 Å². The first kappa shape index (κ1) is 9.42. The number of nitrogens with zero attached hydrogens (tertiary/aromatic N) is 1. The average molecular weight is 191 g/mol. The molecular formula is C7H7F2NOS. The van der Waals surface area contributed by atoms with Crippen LogP contribution in [0.5, 0.6) is 0 Å². The van der Waals surface area contributed by atoms with Crippen LogP contribution in [0.1, 0.15) is 19.3 Å². The zero-order chi connectivity index (χ0) is 9.19. The zero-order valence-electron chi connectivity index (χ0n) is 6.22. The Morgan fingerprint density at radius 1 is 1.67 bits per heavy atom. The Morgan fingerprint density at radius 2 is 2.33 bits per heavy atom. The highest BCUT2D eigenvalue weighted by molar-refractivity contribution is 7.78. The van der Waals surface area contributed by atoms with Crippen molar-refractivity contribution in [1.82, 2.24) is 0 Å². The van der Waals surface area contributed by atoms with Crippen molar-refractivity contribution in [3.05, 3.63) is 0 Å². The highest BCUT2D eigenvalue weighted by Crippen LogP contribution is 2.39. The van der Waals surface area contributed by atoms with E-state index in [9.17, 15) is 13.6 Å². The maximum Gasteiger partial charge on any atom is 0.257 e. The normalized spacial score (nSPS) is 26.3. The van der Waals surface area contributed by atoms with E-state index < -0.39 is 24.2 Å². The Morgan fingerprint density at radius 3 is 2.75 bits per heavy atom. The fourth-order valence-corrected chi connectivity index (χ4v) is 1.39. The number of halogens is 2. The van der Waals surface area contributed by atoms with Gasteiger partial charge in [0.2, 0.25) is 5.92 Å². The first-order chi connectivity index (χ1) is 5.55. The van der Waals surface area contributed by atoms with Crippen LogP contribution in [-0.2, 0) is 4.79 Å². The predicted octanol–water partition coefficient (Wildman–Crippen LogP) is 2.05. The van der Waals surface area contributed by atoms with E-state index in [4.69, 9.17) is 0 Å². The number of hydrogen-bond donors (Lipinski definition) is 0. The number of thiocarbonyl (C=S) groups is 1. The summed E-state index contributed by atoms with van der Waals surface area (Å²) in [4.78, 5) is 14.1. The van der Waals surface area contributed by atoms with E-state index >= 15 is 0 Å². The standard InChI is InChI=1S/C7H7F2NOS/c8-7(9)2-1-5(3-7)6(11)10-4-12/h5H,1-3H2. The minimum Gasteiger partial charge on any atom is -0.272 e. The van der Waals surface area contributed by atoms with E-state index in [1.807, 2.05) is 5.16 Å². The van der Waals surface area contributed by atoms with Gasteiger partial charge in [-0.2, -0.15) is 4.99 Å². The molecule has 0 aromatic rings. The molecule has 1 amide bonds. The first-order valence-electron chi connectivity index (χ1n) is 3.55. The Balaban J connectivity index is 2.58. The highest BCUT2D eigenvalue weighted by Gasteiger charge is 2.42. The third-order valence-electron chi connectivity index (χ3n) is 1.91. The van der Waals surface area contributed by atoms with Crippen molar-refractivity contribution in [1.29, 1.82) is 0 Å². The molecule has 1 atom stereocenters. The van der Waals surface area contributed by atoms with E-state index in [1.54, 1.807) is 0 Å². The topological polar surface area (TPSA) is 29.4 Å². The quantitative estimate of drug-likeness (QED) is 0.469. The molecule has 1 aliphatic rings. The molecule has 66 valence electrons. The lowest BCUT2D eigenvalue weighted by atomic mass is 10.1. The lowest BCUT2D eigenvalue weighted by molar-refractivity contribution is -0.122. The molecule has 1 fully saturated rings. The van der Waals surface area contributed by atoms with Crippen molar-refractivity contribution in [3.8, 4) is 0 Å². The van der Waals surface area contributed by atoms with E-state index in [-0.39, 0.29) is 12.8 Å². The number of carbonyl (C=O) groups excluding carboxylic acids is 1. The van der Waals surface area contributed by atoms with Crippen molar-refractivity contribution < 1.29 is 13.6 Å². The van der Waals surface area contributed by atoms with Crippen LogP contribution in [-0.4, -0.2) is 17.0 Å². The fourth-order valence-electron chi connectivity index (χ4n) is 1.30. The maximum atomic E-state index is 12.6. The molecule has 0 saturated heterocycles. The molecular weight excluding hydrogens is 184 g/mol. The van der Waals surface area contributed by atoms with E-state index in [1.165, 1.54) is 0 Å². The van der Waals surface area contributed by atoms with E-state index in [2.05, 4.69) is 17.2 Å². The van der Waals surface area contributed by atoms with Crippen LogP contribution < -0.4 is 0 Å². The largest absolute Gasteiger partial charge is 0.272 e. The van der Waals surface area contributed by atoms with Crippen molar-refractivity contribution in [3.63, 3.8) is 0 Å². The molecule has 0 aromatic heterocycles. The molecule has 0 spiro atoms. The molecule has 0 aliphatic heterocycles. The molecule has 0 bridgehead atoms. The zero-order valence-corrected chi connectivity index (χ0v) is 7.03. The van der Waals surface area contributed by atoms with Gasteiger partial charge in [0.25, 0.3) is 5.91 Å². The van der Waals surface area contributed by atoms with Crippen LogP contribution in [0.2, 0.25) is 0 Å². The third kappa shape index (κ3) is 2.16. The second-order valence-electron chi connectivity index (χ2n) is 2.84. The molecule has 1 aliphatic carbocycles. The summed E-state index contributed by atoms with van der Waals surface area (Å²) in [6, 6.07) is 0. The smallest absolute Gasteiger partial charge is 0.257 e. The second-order valence-corrected chi connectivity index (χ2v) is 3.02. The molecule has 12 heavy (non-hydrogen) atoms. The van der Waals surface area contributed by atoms with Gasteiger partial charge in [-0.3, -0.25) is 4.79 Å². The molecule has 2 nitrogen and oxygen atoms in total. The Hall–Kier alpha value is -0.670. The first-order valence-corrected chi connectivity index (χ1v) is 3.95. The highest BCUT2D eigenvalue weighted by atomic mass is 32.1. The molecule has 5 heteroatoms. The minimum atomic E-state index is -2.70. The number of isothiocyanates is 1. The summed E-state index contributed by atoms with van der Waals surface area (Å²) in [7, 11) is 0. The number of amides is 1. The summed E-state index contributed by atoms with van der Waals surface area (Å²) in [6.45, 7) is 0. The molecule has 0 radical (unpaired) electrons. The lowest BCUT2D eigenvalue weighted by Gasteiger charge is -2.05. The van der Waals surface area contributed by atoms with Crippen molar-refractivity contribution >= 4 is 23.3 Å². The van der Waals surface area contributed by atoms with Crippen LogP contribution in [0.3, 0.4) is 0 Å². The summed E-state index contributed by atoms with van der Waals surface area (Å²) in [6.07, 6.45) is -0.422. The van der Waals surface area contributed by atoms with Gasteiger partial charge in [-0.25, -0.2) is 8.78 Å². The molecule has 1 saturated carbocycles. The van der Waals surface area contributed by atoms with Gasteiger partial charge in [-0.15, -0.1) is 0 Å². The number of alkyl halides is 2. The van der Waals surface area contributed by atoms with E-state index in [0.717, 1.165) is 0 Å². The number of rotatable bonds is 1. The van der Waals surface area contributed by atoms with Crippen LogP contribution in [0.25, 0.3) is 0 Å². The van der Waals surface area contributed by atoms with Crippen molar-refractivity contribution in [2.24, 2.45) is 10.9 Å². The van der Waals surface area contributed by atoms with Crippen LogP contribution in [0.15, 0.2) is 4.99 Å². The van der Waals surface area contributed by atoms with Gasteiger partial charge in [-0.05, 0) is 18.6 Å². The molecule has 0 heterocycles. The van der Waals surface area contributed by atoms with Gasteiger partial charge < -0.3 is 0 Å². The monoisotopic (exact) mass is 191 g/mol. The SMILES string of the molecule is O=C(N=C=S)C1CCC(F)(F)C1. The van der Waals surface area contributed by atoms with Gasteiger partial charge in [0.15, 0.2) is 0 Å². The number of hydrogen-bond acceptors (Lipinski definition) is 2. The van der Waals surface area contributed by atoms with Gasteiger partial charge in [-0.1, -0.05) is 0 Å².